The molecule has 1 unspecified atom stereocenters. The van der Waals surface area contributed by atoms with Crippen LogP contribution in [-0.2, 0) is 15.0 Å². The Balaban J connectivity index is 1.12. The number of thiazole rings is 1. The summed E-state index contributed by atoms with van der Waals surface area (Å²) in [4.78, 5) is 22.9. The summed E-state index contributed by atoms with van der Waals surface area (Å²) in [5.41, 5.74) is 2.84. The van der Waals surface area contributed by atoms with Crippen LogP contribution in [0.15, 0.2) is 34.8 Å². The molecule has 1 aromatic heterocycles. The van der Waals surface area contributed by atoms with E-state index in [1.807, 2.05) is 0 Å². The van der Waals surface area contributed by atoms with E-state index in [1.165, 1.54) is 67.7 Å². The summed E-state index contributed by atoms with van der Waals surface area (Å²) in [7, 11) is 0. The lowest BCUT2D eigenvalue weighted by Crippen LogP contribution is -2.48. The zero-order chi connectivity index (χ0) is 20.3. The molecule has 4 aliphatic carbocycles. The molecule has 7 heteroatoms. The average Bonchev–Trinajstić information content (AvgIpc) is 3.38. The van der Waals surface area contributed by atoms with Gasteiger partial charge < -0.3 is 4.84 Å². The second kappa shape index (κ2) is 6.87. The molecule has 0 spiro atoms. The topological polar surface area (TPSA) is 63.6 Å². The zero-order valence-electron chi connectivity index (χ0n) is 16.6. The normalized spacial score (nSPS) is 34.0. The van der Waals surface area contributed by atoms with Crippen LogP contribution in [-0.4, -0.2) is 22.7 Å². The van der Waals surface area contributed by atoms with Crippen LogP contribution in [0, 0.1) is 23.6 Å². The molecule has 1 aliphatic heterocycles. The fourth-order valence-corrected chi connectivity index (χ4v) is 7.35. The van der Waals surface area contributed by atoms with E-state index in [0.29, 0.717) is 17.3 Å². The van der Waals surface area contributed by atoms with Crippen LogP contribution in [0.2, 0.25) is 0 Å². The quantitative estimate of drug-likeness (QED) is 0.759. The molecule has 4 bridgehead atoms. The predicted octanol–water partition coefficient (Wildman–Crippen LogP) is 4.88. The molecule has 2 heterocycles. The van der Waals surface area contributed by atoms with Gasteiger partial charge >= 0.3 is 0 Å². The zero-order valence-corrected chi connectivity index (χ0v) is 17.5. The largest absolute Gasteiger partial charge is 0.382 e. The Hall–Kier alpha value is -2.28. The molecule has 4 saturated carbocycles. The summed E-state index contributed by atoms with van der Waals surface area (Å²) in [5, 5.41) is 9.75. The lowest BCUT2D eigenvalue weighted by Gasteiger charge is -2.56. The Morgan fingerprint density at radius 3 is 2.43 bits per heavy atom. The first-order valence-corrected chi connectivity index (χ1v) is 11.7. The molecule has 1 aromatic carbocycles. The van der Waals surface area contributed by atoms with Crippen molar-refractivity contribution in [3.05, 3.63) is 46.7 Å². The maximum Gasteiger partial charge on any atom is 0.270 e. The van der Waals surface area contributed by atoms with Gasteiger partial charge in [-0.2, -0.15) is 0 Å². The number of oxime groups is 1. The van der Waals surface area contributed by atoms with Gasteiger partial charge in [0.15, 0.2) is 5.13 Å². The van der Waals surface area contributed by atoms with Crippen molar-refractivity contribution in [2.24, 2.45) is 22.9 Å². The minimum absolute atomic E-state index is 0.233. The standard InChI is InChI=1S/C23H24FN3O2S/c24-17-3-1-16(2-4-17)18-8-19(29-27-18)21(28)26-22-25-20(12-30-22)23-9-13-5-14(10-23)7-15(6-13)11-23/h1-4,12-15,19H,5-11H2,(H,25,26,28). The number of benzene rings is 1. The van der Waals surface area contributed by atoms with Crippen LogP contribution >= 0.6 is 11.3 Å². The first-order valence-electron chi connectivity index (χ1n) is 10.8. The molecule has 0 radical (unpaired) electrons. The van der Waals surface area contributed by atoms with E-state index in [2.05, 4.69) is 15.9 Å². The number of halogens is 1. The number of anilines is 1. The SMILES string of the molecule is O=C(Nc1nc(C23CC4CC(CC(C4)C2)C3)cs1)C1CC(c2ccc(F)cc2)=NO1. The molecule has 156 valence electrons. The summed E-state index contributed by atoms with van der Waals surface area (Å²) in [6.07, 6.45) is 7.68. The van der Waals surface area contributed by atoms with Gasteiger partial charge in [0.25, 0.3) is 5.91 Å². The van der Waals surface area contributed by atoms with Crippen molar-refractivity contribution in [1.82, 2.24) is 4.98 Å². The summed E-state index contributed by atoms with van der Waals surface area (Å²) >= 11 is 1.51. The second-order valence-corrected chi connectivity index (χ2v) is 10.4. The smallest absolute Gasteiger partial charge is 0.270 e. The third kappa shape index (κ3) is 3.14. The number of amides is 1. The van der Waals surface area contributed by atoms with Crippen molar-refractivity contribution in [2.45, 2.75) is 56.5 Å². The number of rotatable bonds is 4. The van der Waals surface area contributed by atoms with Gasteiger partial charge in [0, 0.05) is 17.2 Å². The summed E-state index contributed by atoms with van der Waals surface area (Å²) in [6, 6.07) is 6.06. The molecule has 30 heavy (non-hydrogen) atoms. The van der Waals surface area contributed by atoms with Crippen LogP contribution in [0.4, 0.5) is 9.52 Å². The molecule has 4 fully saturated rings. The maximum atomic E-state index is 13.1. The molecule has 7 rings (SSSR count). The first-order chi connectivity index (χ1) is 14.6. The summed E-state index contributed by atoms with van der Waals surface area (Å²) in [5.74, 6) is 2.06. The minimum Gasteiger partial charge on any atom is -0.382 e. The molecular formula is C23H24FN3O2S. The third-order valence-electron chi connectivity index (χ3n) is 7.45. The van der Waals surface area contributed by atoms with Gasteiger partial charge in [0.1, 0.15) is 5.82 Å². The lowest BCUT2D eigenvalue weighted by atomic mass is 9.49. The number of nitrogens with zero attached hydrogens (tertiary/aromatic N) is 2. The second-order valence-electron chi connectivity index (χ2n) is 9.57. The van der Waals surface area contributed by atoms with E-state index in [-0.39, 0.29) is 17.1 Å². The molecule has 0 saturated heterocycles. The molecular weight excluding hydrogens is 401 g/mol. The van der Waals surface area contributed by atoms with E-state index < -0.39 is 6.10 Å². The summed E-state index contributed by atoms with van der Waals surface area (Å²) < 4.78 is 13.1. The van der Waals surface area contributed by atoms with Crippen molar-refractivity contribution in [3.8, 4) is 0 Å². The molecule has 5 nitrogen and oxygen atoms in total. The number of nitrogens with one attached hydrogen (secondary N) is 1. The highest BCUT2D eigenvalue weighted by atomic mass is 32.1. The van der Waals surface area contributed by atoms with Crippen LogP contribution in [0.5, 0.6) is 0 Å². The van der Waals surface area contributed by atoms with Crippen LogP contribution < -0.4 is 5.32 Å². The molecule has 5 aliphatic rings. The van der Waals surface area contributed by atoms with E-state index >= 15 is 0 Å². The number of aromatic nitrogens is 1. The highest BCUT2D eigenvalue weighted by Gasteiger charge is 2.52. The van der Waals surface area contributed by atoms with E-state index in [0.717, 1.165) is 23.3 Å². The Kier molecular flexibility index (Phi) is 4.23. The van der Waals surface area contributed by atoms with Crippen molar-refractivity contribution in [2.75, 3.05) is 5.32 Å². The molecule has 2 aromatic rings. The fraction of sp³-hybridized carbons (Fsp3) is 0.522. The van der Waals surface area contributed by atoms with Gasteiger partial charge in [-0.25, -0.2) is 9.37 Å². The number of hydrogen-bond acceptors (Lipinski definition) is 5. The van der Waals surface area contributed by atoms with Gasteiger partial charge in [-0.15, -0.1) is 11.3 Å². The van der Waals surface area contributed by atoms with E-state index in [1.54, 1.807) is 12.1 Å². The Morgan fingerprint density at radius 1 is 1.10 bits per heavy atom. The summed E-state index contributed by atoms with van der Waals surface area (Å²) in [6.45, 7) is 0. The number of hydrogen-bond donors (Lipinski definition) is 1. The molecule has 1 N–H and O–H groups in total. The first kappa shape index (κ1) is 18.5. The van der Waals surface area contributed by atoms with Crippen molar-refractivity contribution < 1.29 is 14.0 Å². The van der Waals surface area contributed by atoms with Crippen molar-refractivity contribution in [1.29, 1.82) is 0 Å². The van der Waals surface area contributed by atoms with Gasteiger partial charge in [0.05, 0.1) is 11.4 Å². The minimum atomic E-state index is -0.683. The molecule has 1 atom stereocenters. The highest BCUT2D eigenvalue weighted by Crippen LogP contribution is 2.60. The van der Waals surface area contributed by atoms with E-state index in [4.69, 9.17) is 9.82 Å². The van der Waals surface area contributed by atoms with Crippen molar-refractivity contribution >= 4 is 28.1 Å². The van der Waals surface area contributed by atoms with Gasteiger partial charge in [-0.3, -0.25) is 10.1 Å². The fourth-order valence-electron chi connectivity index (χ4n) is 6.52. The average molecular weight is 426 g/mol. The number of carbonyl (C=O) groups is 1. The van der Waals surface area contributed by atoms with Gasteiger partial charge in [-0.1, -0.05) is 17.3 Å². The Bertz CT molecular complexity index is 980. The lowest BCUT2D eigenvalue weighted by molar-refractivity contribution is -0.125. The van der Waals surface area contributed by atoms with E-state index in [9.17, 15) is 9.18 Å². The number of carbonyl (C=O) groups excluding carboxylic acids is 1. The predicted molar refractivity (Wildman–Crippen MR) is 113 cm³/mol. The van der Waals surface area contributed by atoms with Crippen molar-refractivity contribution in [3.63, 3.8) is 0 Å². The highest BCUT2D eigenvalue weighted by molar-refractivity contribution is 7.14. The molecule has 1 amide bonds. The monoisotopic (exact) mass is 425 g/mol. The van der Waals surface area contributed by atoms with Gasteiger partial charge in [0.2, 0.25) is 6.10 Å². The van der Waals surface area contributed by atoms with Gasteiger partial charge in [-0.05, 0) is 74.0 Å². The Morgan fingerprint density at radius 2 is 1.77 bits per heavy atom. The van der Waals surface area contributed by atoms with Crippen LogP contribution in [0.25, 0.3) is 0 Å². The maximum absolute atomic E-state index is 13.1. The third-order valence-corrected chi connectivity index (χ3v) is 8.21. The van der Waals surface area contributed by atoms with Crippen LogP contribution in [0.3, 0.4) is 0 Å². The Labute approximate surface area is 178 Å². The van der Waals surface area contributed by atoms with Crippen LogP contribution in [0.1, 0.15) is 56.2 Å².